The second-order valence-electron chi connectivity index (χ2n) is 5.18. The smallest absolute Gasteiger partial charge is 0.118 e. The monoisotopic (exact) mass is 290 g/mol. The summed E-state index contributed by atoms with van der Waals surface area (Å²) in [7, 11) is 1.67. The first-order valence-corrected chi connectivity index (χ1v) is 7.27. The minimum absolute atomic E-state index is 0.795. The third kappa shape index (κ3) is 3.14. The average Bonchev–Trinajstić information content (AvgIpc) is 2.58. The van der Waals surface area contributed by atoms with Crippen LogP contribution in [-0.2, 0) is 6.42 Å². The van der Waals surface area contributed by atoms with Crippen LogP contribution in [0.3, 0.4) is 0 Å². The highest BCUT2D eigenvalue weighted by molar-refractivity contribution is 5.59. The molecule has 1 heterocycles. The zero-order chi connectivity index (χ0) is 15.4. The van der Waals surface area contributed by atoms with Crippen molar-refractivity contribution in [1.82, 2.24) is 9.97 Å². The van der Waals surface area contributed by atoms with E-state index in [4.69, 9.17) is 9.72 Å². The Morgan fingerprint density at radius 2 is 1.68 bits per heavy atom. The quantitative estimate of drug-likeness (QED) is 0.727. The molecule has 3 nitrogen and oxygen atoms in total. The van der Waals surface area contributed by atoms with Gasteiger partial charge in [0.25, 0.3) is 0 Å². The SMILES string of the molecule is COc1ccc(-c2cnc(C)c(Cc3ccccc3)n2)cc1. The molecule has 3 aromatic rings. The van der Waals surface area contributed by atoms with Crippen LogP contribution in [0.5, 0.6) is 5.75 Å². The molecule has 0 saturated carbocycles. The largest absolute Gasteiger partial charge is 0.497 e. The van der Waals surface area contributed by atoms with E-state index in [1.54, 1.807) is 7.11 Å². The molecule has 22 heavy (non-hydrogen) atoms. The van der Waals surface area contributed by atoms with Crippen LogP contribution in [-0.4, -0.2) is 17.1 Å². The Balaban J connectivity index is 1.91. The molecule has 110 valence electrons. The molecule has 0 aliphatic heterocycles. The van der Waals surface area contributed by atoms with E-state index < -0.39 is 0 Å². The predicted molar refractivity (Wildman–Crippen MR) is 88.0 cm³/mol. The standard InChI is InChI=1S/C19H18N2O/c1-14-18(12-15-6-4-3-5-7-15)21-19(13-20-14)16-8-10-17(22-2)11-9-16/h3-11,13H,12H2,1-2H3. The molecular formula is C19H18N2O. The van der Waals surface area contributed by atoms with Crippen molar-refractivity contribution in [3.05, 3.63) is 77.7 Å². The highest BCUT2D eigenvalue weighted by Crippen LogP contribution is 2.21. The Bertz CT molecular complexity index is 752. The first-order chi connectivity index (χ1) is 10.8. The Morgan fingerprint density at radius 3 is 2.36 bits per heavy atom. The van der Waals surface area contributed by atoms with Crippen LogP contribution >= 0.6 is 0 Å². The van der Waals surface area contributed by atoms with E-state index in [-0.39, 0.29) is 0 Å². The maximum absolute atomic E-state index is 5.19. The van der Waals surface area contributed by atoms with Crippen molar-refractivity contribution in [2.24, 2.45) is 0 Å². The summed E-state index contributed by atoms with van der Waals surface area (Å²) in [6.07, 6.45) is 2.62. The molecule has 0 fully saturated rings. The number of methoxy groups -OCH3 is 1. The van der Waals surface area contributed by atoms with Crippen LogP contribution < -0.4 is 4.74 Å². The van der Waals surface area contributed by atoms with Crippen molar-refractivity contribution in [2.45, 2.75) is 13.3 Å². The molecule has 0 unspecified atom stereocenters. The van der Waals surface area contributed by atoms with Gasteiger partial charge in [-0.2, -0.15) is 0 Å². The molecule has 0 spiro atoms. The summed E-state index contributed by atoms with van der Waals surface area (Å²) in [5, 5.41) is 0. The van der Waals surface area contributed by atoms with Crippen molar-refractivity contribution in [3.63, 3.8) is 0 Å². The molecule has 2 aromatic carbocycles. The molecule has 3 rings (SSSR count). The number of hydrogen-bond acceptors (Lipinski definition) is 3. The Hall–Kier alpha value is -2.68. The summed E-state index contributed by atoms with van der Waals surface area (Å²) in [6.45, 7) is 2.00. The Labute approximate surface area is 130 Å². The summed E-state index contributed by atoms with van der Waals surface area (Å²) < 4.78 is 5.19. The number of benzene rings is 2. The van der Waals surface area contributed by atoms with Gasteiger partial charge in [0.05, 0.1) is 30.4 Å². The Morgan fingerprint density at radius 1 is 0.955 bits per heavy atom. The summed E-state index contributed by atoms with van der Waals surface area (Å²) in [6, 6.07) is 18.2. The van der Waals surface area contributed by atoms with Crippen molar-refractivity contribution < 1.29 is 4.74 Å². The van der Waals surface area contributed by atoms with E-state index in [9.17, 15) is 0 Å². The van der Waals surface area contributed by atoms with Gasteiger partial charge in [-0.3, -0.25) is 4.98 Å². The van der Waals surface area contributed by atoms with E-state index >= 15 is 0 Å². The van der Waals surface area contributed by atoms with Gasteiger partial charge < -0.3 is 4.74 Å². The second-order valence-corrected chi connectivity index (χ2v) is 5.18. The van der Waals surface area contributed by atoms with Crippen molar-refractivity contribution >= 4 is 0 Å². The lowest BCUT2D eigenvalue weighted by Gasteiger charge is -2.08. The van der Waals surface area contributed by atoms with Crippen LogP contribution in [0.25, 0.3) is 11.3 Å². The van der Waals surface area contributed by atoms with Crippen LogP contribution in [0.1, 0.15) is 17.0 Å². The number of rotatable bonds is 4. The topological polar surface area (TPSA) is 35.0 Å². The highest BCUT2D eigenvalue weighted by Gasteiger charge is 2.07. The molecule has 0 bridgehead atoms. The van der Waals surface area contributed by atoms with E-state index in [2.05, 4.69) is 17.1 Å². The predicted octanol–water partition coefficient (Wildman–Crippen LogP) is 4.05. The third-order valence-corrected chi connectivity index (χ3v) is 3.65. The van der Waals surface area contributed by atoms with Gasteiger partial charge in [0.1, 0.15) is 5.75 Å². The van der Waals surface area contributed by atoms with Crippen molar-refractivity contribution in [1.29, 1.82) is 0 Å². The molecule has 3 heteroatoms. The number of nitrogens with zero attached hydrogens (tertiary/aromatic N) is 2. The first-order valence-electron chi connectivity index (χ1n) is 7.27. The lowest BCUT2D eigenvalue weighted by atomic mass is 10.1. The molecule has 0 aliphatic rings. The first kappa shape index (κ1) is 14.3. The van der Waals surface area contributed by atoms with Gasteiger partial charge in [-0.1, -0.05) is 30.3 Å². The minimum Gasteiger partial charge on any atom is -0.497 e. The summed E-state index contributed by atoms with van der Waals surface area (Å²) >= 11 is 0. The molecule has 0 N–H and O–H groups in total. The zero-order valence-electron chi connectivity index (χ0n) is 12.8. The maximum Gasteiger partial charge on any atom is 0.118 e. The molecule has 1 aromatic heterocycles. The van der Waals surface area contributed by atoms with Gasteiger partial charge in [0.2, 0.25) is 0 Å². The van der Waals surface area contributed by atoms with Gasteiger partial charge in [-0.25, -0.2) is 4.98 Å². The lowest BCUT2D eigenvalue weighted by Crippen LogP contribution is -2.00. The number of aryl methyl sites for hydroxylation is 1. The van der Waals surface area contributed by atoms with Gasteiger partial charge in [0.15, 0.2) is 0 Å². The fraction of sp³-hybridized carbons (Fsp3) is 0.158. The van der Waals surface area contributed by atoms with Gasteiger partial charge in [-0.15, -0.1) is 0 Å². The van der Waals surface area contributed by atoms with Crippen LogP contribution in [0, 0.1) is 6.92 Å². The van der Waals surface area contributed by atoms with Gasteiger partial charge >= 0.3 is 0 Å². The van der Waals surface area contributed by atoms with E-state index in [0.717, 1.165) is 34.8 Å². The third-order valence-electron chi connectivity index (χ3n) is 3.65. The van der Waals surface area contributed by atoms with E-state index in [1.165, 1.54) is 5.56 Å². The summed E-state index contributed by atoms with van der Waals surface area (Å²) in [4.78, 5) is 9.29. The Kier molecular flexibility index (Phi) is 4.15. The summed E-state index contributed by atoms with van der Waals surface area (Å²) in [5.74, 6) is 0.841. The minimum atomic E-state index is 0.795. The fourth-order valence-electron chi connectivity index (χ4n) is 2.35. The normalized spacial score (nSPS) is 10.5. The zero-order valence-corrected chi connectivity index (χ0v) is 12.8. The van der Waals surface area contributed by atoms with Crippen molar-refractivity contribution in [2.75, 3.05) is 7.11 Å². The van der Waals surface area contributed by atoms with E-state index in [1.807, 2.05) is 55.6 Å². The van der Waals surface area contributed by atoms with Crippen LogP contribution in [0.4, 0.5) is 0 Å². The number of ether oxygens (including phenoxy) is 1. The molecule has 0 saturated heterocycles. The number of aromatic nitrogens is 2. The highest BCUT2D eigenvalue weighted by atomic mass is 16.5. The van der Waals surface area contributed by atoms with Gasteiger partial charge in [0, 0.05) is 12.0 Å². The molecule has 0 radical (unpaired) electrons. The molecule has 0 aliphatic carbocycles. The molecular weight excluding hydrogens is 272 g/mol. The second kappa shape index (κ2) is 6.39. The summed E-state index contributed by atoms with van der Waals surface area (Å²) in [5.41, 5.74) is 5.16. The molecule has 0 amide bonds. The van der Waals surface area contributed by atoms with E-state index in [0.29, 0.717) is 0 Å². The maximum atomic E-state index is 5.19. The van der Waals surface area contributed by atoms with Gasteiger partial charge in [-0.05, 0) is 36.8 Å². The van der Waals surface area contributed by atoms with Crippen LogP contribution in [0.15, 0.2) is 60.8 Å². The fourth-order valence-corrected chi connectivity index (χ4v) is 2.35. The number of hydrogen-bond donors (Lipinski definition) is 0. The average molecular weight is 290 g/mol. The van der Waals surface area contributed by atoms with Crippen LogP contribution in [0.2, 0.25) is 0 Å². The lowest BCUT2D eigenvalue weighted by molar-refractivity contribution is 0.415. The van der Waals surface area contributed by atoms with Crippen molar-refractivity contribution in [3.8, 4) is 17.0 Å². The molecule has 0 atom stereocenters.